The van der Waals surface area contributed by atoms with Gasteiger partial charge in [0.25, 0.3) is 0 Å². The molecule has 5 rings (SSSR count). The van der Waals surface area contributed by atoms with Gasteiger partial charge in [0.05, 0.1) is 0 Å². The van der Waals surface area contributed by atoms with Crippen LogP contribution in [-0.4, -0.2) is 59.6 Å². The summed E-state index contributed by atoms with van der Waals surface area (Å²) in [6, 6.07) is 21.4. The SMILES string of the molecule is O=C(O)[C@@H](C1CCC1)N1C[C@H](CN2CCC(CCCc3ccccc3)CC2)[C@@H](c2ccccc2)C1. The molecule has 2 aliphatic heterocycles. The first-order chi connectivity index (χ1) is 17.2. The Bertz CT molecular complexity index is 922. The van der Waals surface area contributed by atoms with E-state index in [-0.39, 0.29) is 6.04 Å². The summed E-state index contributed by atoms with van der Waals surface area (Å²) < 4.78 is 0. The number of hydrogen-bond donors (Lipinski definition) is 1. The number of aliphatic carboxylic acids is 1. The van der Waals surface area contributed by atoms with Crippen molar-refractivity contribution in [1.82, 2.24) is 9.80 Å². The molecule has 3 fully saturated rings. The Morgan fingerprint density at radius 1 is 0.914 bits per heavy atom. The summed E-state index contributed by atoms with van der Waals surface area (Å²) >= 11 is 0. The summed E-state index contributed by atoms with van der Waals surface area (Å²) in [5.74, 6) is 1.53. The maximum absolute atomic E-state index is 12.2. The van der Waals surface area contributed by atoms with Crippen molar-refractivity contribution in [3.05, 3.63) is 71.8 Å². The zero-order chi connectivity index (χ0) is 24.0. The maximum atomic E-state index is 12.2. The molecule has 2 aromatic carbocycles. The van der Waals surface area contributed by atoms with E-state index in [1.165, 1.54) is 62.7 Å². The monoisotopic (exact) mass is 474 g/mol. The second-order valence-electron chi connectivity index (χ2n) is 11.3. The third-order valence-corrected chi connectivity index (χ3v) is 9.06. The van der Waals surface area contributed by atoms with E-state index in [0.717, 1.165) is 38.4 Å². The number of piperidine rings is 1. The highest BCUT2D eigenvalue weighted by atomic mass is 16.4. The molecule has 0 spiro atoms. The Labute approximate surface area is 211 Å². The minimum Gasteiger partial charge on any atom is -0.480 e. The molecule has 3 atom stereocenters. The van der Waals surface area contributed by atoms with Gasteiger partial charge in [-0.1, -0.05) is 73.5 Å². The molecule has 1 saturated carbocycles. The number of hydrogen-bond acceptors (Lipinski definition) is 3. The number of benzene rings is 2. The Morgan fingerprint density at radius 2 is 1.60 bits per heavy atom. The number of carbonyl (C=O) groups is 1. The number of carboxylic acids is 1. The van der Waals surface area contributed by atoms with Gasteiger partial charge in [0.2, 0.25) is 0 Å². The molecular formula is C31H42N2O2. The van der Waals surface area contributed by atoms with Crippen LogP contribution in [0.2, 0.25) is 0 Å². The summed E-state index contributed by atoms with van der Waals surface area (Å²) in [5, 5.41) is 10.1. The Hall–Kier alpha value is -2.17. The molecule has 0 amide bonds. The van der Waals surface area contributed by atoms with Crippen LogP contribution in [0.5, 0.6) is 0 Å². The van der Waals surface area contributed by atoms with Crippen molar-refractivity contribution in [3.8, 4) is 0 Å². The van der Waals surface area contributed by atoms with Crippen LogP contribution in [0.15, 0.2) is 60.7 Å². The van der Waals surface area contributed by atoms with Crippen LogP contribution >= 0.6 is 0 Å². The van der Waals surface area contributed by atoms with Gasteiger partial charge in [0.1, 0.15) is 6.04 Å². The van der Waals surface area contributed by atoms with Gasteiger partial charge in [-0.25, -0.2) is 0 Å². The van der Waals surface area contributed by atoms with Gasteiger partial charge in [-0.05, 0) is 80.5 Å². The lowest BCUT2D eigenvalue weighted by Gasteiger charge is -2.37. The standard InChI is InChI=1S/C31H42N2O2/c34-31(35)30(27-15-8-16-27)33-22-28(29(23-33)26-13-5-2-6-14-26)21-32-19-17-25(18-20-32)12-7-11-24-9-3-1-4-10-24/h1-6,9-10,13-14,25,27-30H,7-8,11-12,15-23H2,(H,34,35)/t28-,29+,30+/m0/s1. The molecular weight excluding hydrogens is 432 g/mol. The van der Waals surface area contributed by atoms with Gasteiger partial charge in [-0.3, -0.25) is 9.69 Å². The summed E-state index contributed by atoms with van der Waals surface area (Å²) in [6.07, 6.45) is 9.78. The Kier molecular flexibility index (Phi) is 8.20. The van der Waals surface area contributed by atoms with Crippen molar-refractivity contribution in [3.63, 3.8) is 0 Å². The van der Waals surface area contributed by atoms with Gasteiger partial charge in [-0.2, -0.15) is 0 Å². The highest BCUT2D eigenvalue weighted by molar-refractivity contribution is 5.74. The minimum absolute atomic E-state index is 0.296. The van der Waals surface area contributed by atoms with E-state index in [4.69, 9.17) is 0 Å². The molecule has 0 bridgehead atoms. The zero-order valence-corrected chi connectivity index (χ0v) is 21.1. The third kappa shape index (κ3) is 6.16. The Balaban J connectivity index is 1.16. The third-order valence-electron chi connectivity index (χ3n) is 9.06. The first-order valence-electron chi connectivity index (χ1n) is 14.0. The van der Waals surface area contributed by atoms with Crippen LogP contribution in [0, 0.1) is 17.8 Å². The fourth-order valence-electron chi connectivity index (χ4n) is 6.84. The molecule has 0 radical (unpaired) electrons. The smallest absolute Gasteiger partial charge is 0.321 e. The molecule has 4 nitrogen and oxygen atoms in total. The second kappa shape index (κ2) is 11.7. The van der Waals surface area contributed by atoms with Gasteiger partial charge in [0, 0.05) is 25.6 Å². The normalized spacial score (nSPS) is 25.4. The largest absolute Gasteiger partial charge is 0.480 e. The van der Waals surface area contributed by atoms with E-state index in [1.54, 1.807) is 0 Å². The average molecular weight is 475 g/mol. The molecule has 35 heavy (non-hydrogen) atoms. The van der Waals surface area contributed by atoms with Crippen LogP contribution < -0.4 is 0 Å². The maximum Gasteiger partial charge on any atom is 0.321 e. The lowest BCUT2D eigenvalue weighted by Crippen LogP contribution is -2.47. The predicted molar refractivity (Wildman–Crippen MR) is 142 cm³/mol. The van der Waals surface area contributed by atoms with Gasteiger partial charge < -0.3 is 10.0 Å². The number of rotatable bonds is 10. The number of nitrogens with zero attached hydrogens (tertiary/aromatic N) is 2. The van der Waals surface area contributed by atoms with Gasteiger partial charge in [-0.15, -0.1) is 0 Å². The van der Waals surface area contributed by atoms with Crippen LogP contribution in [0.3, 0.4) is 0 Å². The Morgan fingerprint density at radius 3 is 2.23 bits per heavy atom. The molecule has 1 aliphatic carbocycles. The molecule has 0 unspecified atom stereocenters. The predicted octanol–water partition coefficient (Wildman–Crippen LogP) is 5.69. The van der Waals surface area contributed by atoms with Crippen LogP contribution in [-0.2, 0) is 11.2 Å². The summed E-state index contributed by atoms with van der Waals surface area (Å²) in [5.41, 5.74) is 2.85. The quantitative estimate of drug-likeness (QED) is 0.480. The second-order valence-corrected chi connectivity index (χ2v) is 11.3. The van der Waals surface area contributed by atoms with E-state index in [0.29, 0.717) is 17.8 Å². The lowest BCUT2D eigenvalue weighted by molar-refractivity contribution is -0.146. The number of aryl methyl sites for hydroxylation is 1. The first kappa shape index (κ1) is 24.5. The van der Waals surface area contributed by atoms with E-state index >= 15 is 0 Å². The van der Waals surface area contributed by atoms with Crippen molar-refractivity contribution in [1.29, 1.82) is 0 Å². The minimum atomic E-state index is -0.613. The van der Waals surface area contributed by atoms with Crippen molar-refractivity contribution < 1.29 is 9.90 Å². The van der Waals surface area contributed by atoms with E-state index < -0.39 is 5.97 Å². The highest BCUT2D eigenvalue weighted by Gasteiger charge is 2.44. The lowest BCUT2D eigenvalue weighted by atomic mass is 9.79. The fraction of sp³-hybridized carbons (Fsp3) is 0.581. The molecule has 2 saturated heterocycles. The van der Waals surface area contributed by atoms with Crippen molar-refractivity contribution >= 4 is 5.97 Å². The summed E-state index contributed by atoms with van der Waals surface area (Å²) in [4.78, 5) is 17.2. The molecule has 0 aromatic heterocycles. The molecule has 2 aromatic rings. The van der Waals surface area contributed by atoms with E-state index in [2.05, 4.69) is 70.5 Å². The first-order valence-corrected chi connectivity index (χ1v) is 14.0. The summed E-state index contributed by atoms with van der Waals surface area (Å²) in [7, 11) is 0. The molecule has 188 valence electrons. The van der Waals surface area contributed by atoms with Gasteiger partial charge >= 0.3 is 5.97 Å². The topological polar surface area (TPSA) is 43.8 Å². The average Bonchev–Trinajstić information content (AvgIpc) is 3.26. The van der Waals surface area contributed by atoms with Gasteiger partial charge in [0.15, 0.2) is 0 Å². The molecule has 3 aliphatic rings. The van der Waals surface area contributed by atoms with Crippen LogP contribution in [0.1, 0.15) is 62.0 Å². The highest BCUT2D eigenvalue weighted by Crippen LogP contribution is 2.40. The molecule has 2 heterocycles. The fourth-order valence-corrected chi connectivity index (χ4v) is 6.84. The van der Waals surface area contributed by atoms with E-state index in [1.807, 2.05) is 0 Å². The van der Waals surface area contributed by atoms with Crippen LogP contribution in [0.4, 0.5) is 0 Å². The summed E-state index contributed by atoms with van der Waals surface area (Å²) in [6.45, 7) is 5.30. The molecule has 1 N–H and O–H groups in total. The molecule has 4 heteroatoms. The van der Waals surface area contributed by atoms with Crippen molar-refractivity contribution in [2.75, 3.05) is 32.7 Å². The van der Waals surface area contributed by atoms with Crippen molar-refractivity contribution in [2.45, 2.75) is 63.3 Å². The number of carboxylic acid groups (broad SMARTS) is 1. The van der Waals surface area contributed by atoms with E-state index in [9.17, 15) is 9.90 Å². The zero-order valence-electron chi connectivity index (χ0n) is 21.1. The van der Waals surface area contributed by atoms with Crippen molar-refractivity contribution in [2.24, 2.45) is 17.8 Å². The van der Waals surface area contributed by atoms with Crippen LogP contribution in [0.25, 0.3) is 0 Å². The number of likely N-dealkylation sites (tertiary alicyclic amines) is 2.